The van der Waals surface area contributed by atoms with E-state index >= 15 is 0 Å². The highest BCUT2D eigenvalue weighted by atomic mass is 16.1. The number of amides is 1. The Labute approximate surface area is 120 Å². The molecule has 0 saturated carbocycles. The summed E-state index contributed by atoms with van der Waals surface area (Å²) in [6.07, 6.45) is 4.93. The maximum Gasteiger partial charge on any atom is 0.221 e. The molecule has 0 aliphatic rings. The average molecular weight is 272 g/mol. The van der Waals surface area contributed by atoms with Crippen LogP contribution in [0.2, 0.25) is 0 Å². The molecule has 0 atom stereocenters. The zero-order chi connectivity index (χ0) is 14.7. The second-order valence-electron chi connectivity index (χ2n) is 5.61. The van der Waals surface area contributed by atoms with E-state index < -0.39 is 0 Å². The van der Waals surface area contributed by atoms with Gasteiger partial charge in [0, 0.05) is 23.6 Å². The van der Waals surface area contributed by atoms with Crippen molar-refractivity contribution in [2.24, 2.45) is 12.8 Å². The molecule has 108 valence electrons. The summed E-state index contributed by atoms with van der Waals surface area (Å²) < 4.78 is 2.22. The van der Waals surface area contributed by atoms with Crippen LogP contribution in [0.4, 0.5) is 0 Å². The number of carbonyl (C=O) groups is 1. The van der Waals surface area contributed by atoms with Crippen LogP contribution in [0.3, 0.4) is 0 Å². The lowest BCUT2D eigenvalue weighted by atomic mass is 10.0. The van der Waals surface area contributed by atoms with Gasteiger partial charge in [0.25, 0.3) is 0 Å². The Hall–Kier alpha value is -1.77. The molecule has 1 aromatic heterocycles. The first-order chi connectivity index (χ1) is 9.54. The van der Waals surface area contributed by atoms with E-state index in [0.717, 1.165) is 18.4 Å². The third kappa shape index (κ3) is 2.87. The molecule has 0 radical (unpaired) electrons. The predicted molar refractivity (Wildman–Crippen MR) is 83.8 cm³/mol. The number of carbonyl (C=O) groups excluding carboxylic acids is 1. The standard InChI is InChI=1S/C17H24N2O/c1-4-5-6-7-15-14(11-17(18)20)13-10-12(2)8-9-16(13)19(15)3/h8-10H,4-7,11H2,1-3H3,(H2,18,20). The highest BCUT2D eigenvalue weighted by Gasteiger charge is 2.16. The van der Waals surface area contributed by atoms with E-state index in [1.165, 1.54) is 35.0 Å². The largest absolute Gasteiger partial charge is 0.369 e. The van der Waals surface area contributed by atoms with Crippen molar-refractivity contribution in [3.8, 4) is 0 Å². The normalized spacial score (nSPS) is 11.2. The van der Waals surface area contributed by atoms with E-state index in [9.17, 15) is 4.79 Å². The van der Waals surface area contributed by atoms with Crippen LogP contribution in [-0.2, 0) is 24.7 Å². The Bertz CT molecular complexity index is 625. The van der Waals surface area contributed by atoms with Crippen molar-refractivity contribution in [1.29, 1.82) is 0 Å². The van der Waals surface area contributed by atoms with E-state index in [4.69, 9.17) is 5.73 Å². The number of nitrogens with zero attached hydrogens (tertiary/aromatic N) is 1. The van der Waals surface area contributed by atoms with Gasteiger partial charge in [-0.05, 0) is 37.5 Å². The van der Waals surface area contributed by atoms with Gasteiger partial charge in [-0.2, -0.15) is 0 Å². The number of unbranched alkanes of at least 4 members (excludes halogenated alkanes) is 2. The molecule has 1 heterocycles. The summed E-state index contributed by atoms with van der Waals surface area (Å²) in [5.74, 6) is -0.254. The van der Waals surface area contributed by atoms with Gasteiger partial charge in [-0.15, -0.1) is 0 Å². The quantitative estimate of drug-likeness (QED) is 0.806. The third-order valence-corrected chi connectivity index (χ3v) is 3.96. The van der Waals surface area contributed by atoms with Crippen molar-refractivity contribution >= 4 is 16.8 Å². The van der Waals surface area contributed by atoms with Crippen LogP contribution in [0.25, 0.3) is 10.9 Å². The molecule has 0 saturated heterocycles. The average Bonchev–Trinajstić information content (AvgIpc) is 2.63. The Morgan fingerprint density at radius 1 is 1.30 bits per heavy atom. The first kappa shape index (κ1) is 14.6. The molecule has 20 heavy (non-hydrogen) atoms. The molecular formula is C17H24N2O. The summed E-state index contributed by atoms with van der Waals surface area (Å²) in [6.45, 7) is 4.28. The molecule has 0 fully saturated rings. The first-order valence-electron chi connectivity index (χ1n) is 7.39. The zero-order valence-electron chi connectivity index (χ0n) is 12.7. The first-order valence-corrected chi connectivity index (χ1v) is 7.39. The van der Waals surface area contributed by atoms with Crippen LogP contribution in [-0.4, -0.2) is 10.5 Å². The van der Waals surface area contributed by atoms with Crippen molar-refractivity contribution < 1.29 is 4.79 Å². The Morgan fingerprint density at radius 3 is 2.70 bits per heavy atom. The smallest absolute Gasteiger partial charge is 0.221 e. The number of rotatable bonds is 6. The van der Waals surface area contributed by atoms with Gasteiger partial charge < -0.3 is 10.3 Å². The molecule has 3 heteroatoms. The summed E-state index contributed by atoms with van der Waals surface area (Å²) in [6, 6.07) is 6.42. The molecule has 2 aromatic rings. The maximum atomic E-state index is 11.4. The lowest BCUT2D eigenvalue weighted by Gasteiger charge is -2.06. The van der Waals surface area contributed by atoms with Crippen molar-refractivity contribution in [3.05, 3.63) is 35.0 Å². The molecule has 0 bridgehead atoms. The molecule has 3 nitrogen and oxygen atoms in total. The number of benzene rings is 1. The summed E-state index contributed by atoms with van der Waals surface area (Å²) >= 11 is 0. The van der Waals surface area contributed by atoms with E-state index in [1.807, 2.05) is 0 Å². The van der Waals surface area contributed by atoms with Gasteiger partial charge in [0.2, 0.25) is 5.91 Å². The molecule has 0 unspecified atom stereocenters. The SMILES string of the molecule is CCCCCc1c(CC(N)=O)c2cc(C)ccc2n1C. The second kappa shape index (κ2) is 6.12. The third-order valence-electron chi connectivity index (χ3n) is 3.96. The molecule has 0 spiro atoms. The topological polar surface area (TPSA) is 48.0 Å². The highest BCUT2D eigenvalue weighted by Crippen LogP contribution is 2.28. The molecule has 0 aliphatic carbocycles. The van der Waals surface area contributed by atoms with E-state index in [-0.39, 0.29) is 5.91 Å². The maximum absolute atomic E-state index is 11.4. The van der Waals surface area contributed by atoms with E-state index in [2.05, 4.69) is 43.7 Å². The van der Waals surface area contributed by atoms with E-state index in [1.54, 1.807) is 0 Å². The number of primary amides is 1. The predicted octanol–water partition coefficient (Wildman–Crippen LogP) is 3.25. The molecular weight excluding hydrogens is 248 g/mol. The monoisotopic (exact) mass is 272 g/mol. The molecule has 1 aromatic carbocycles. The van der Waals surface area contributed by atoms with Crippen molar-refractivity contribution in [2.45, 2.75) is 46.0 Å². The summed E-state index contributed by atoms with van der Waals surface area (Å²) in [5, 5.41) is 1.18. The number of nitrogens with two attached hydrogens (primary N) is 1. The molecule has 2 N–H and O–H groups in total. The van der Waals surface area contributed by atoms with Gasteiger partial charge in [-0.3, -0.25) is 4.79 Å². The fourth-order valence-corrected chi connectivity index (χ4v) is 2.92. The summed E-state index contributed by atoms with van der Waals surface area (Å²) in [4.78, 5) is 11.4. The van der Waals surface area contributed by atoms with Crippen LogP contribution < -0.4 is 5.73 Å². The lowest BCUT2D eigenvalue weighted by Crippen LogP contribution is -2.15. The summed E-state index contributed by atoms with van der Waals surface area (Å²) in [5.41, 5.74) is 10.2. The number of hydrogen-bond donors (Lipinski definition) is 1. The van der Waals surface area contributed by atoms with E-state index in [0.29, 0.717) is 6.42 Å². The Kier molecular flexibility index (Phi) is 4.48. The summed E-state index contributed by atoms with van der Waals surface area (Å²) in [7, 11) is 2.09. The van der Waals surface area contributed by atoms with Crippen LogP contribution in [0.15, 0.2) is 18.2 Å². The minimum absolute atomic E-state index is 0.254. The van der Waals surface area contributed by atoms with Gasteiger partial charge in [0.15, 0.2) is 0 Å². The minimum Gasteiger partial charge on any atom is -0.369 e. The minimum atomic E-state index is -0.254. The van der Waals surface area contributed by atoms with Crippen molar-refractivity contribution in [3.63, 3.8) is 0 Å². The molecule has 1 amide bonds. The van der Waals surface area contributed by atoms with Gasteiger partial charge in [0.1, 0.15) is 0 Å². The van der Waals surface area contributed by atoms with Crippen LogP contribution >= 0.6 is 0 Å². The number of aryl methyl sites for hydroxylation is 2. The van der Waals surface area contributed by atoms with Gasteiger partial charge in [-0.25, -0.2) is 0 Å². The zero-order valence-corrected chi connectivity index (χ0v) is 12.7. The van der Waals surface area contributed by atoms with Gasteiger partial charge >= 0.3 is 0 Å². The van der Waals surface area contributed by atoms with Crippen molar-refractivity contribution in [2.75, 3.05) is 0 Å². The van der Waals surface area contributed by atoms with Crippen LogP contribution in [0, 0.1) is 6.92 Å². The fourth-order valence-electron chi connectivity index (χ4n) is 2.92. The van der Waals surface area contributed by atoms with Gasteiger partial charge in [-0.1, -0.05) is 31.4 Å². The number of fused-ring (bicyclic) bond motifs is 1. The lowest BCUT2D eigenvalue weighted by molar-refractivity contribution is -0.117. The Morgan fingerprint density at radius 2 is 2.05 bits per heavy atom. The molecule has 0 aliphatic heterocycles. The van der Waals surface area contributed by atoms with Crippen LogP contribution in [0.5, 0.6) is 0 Å². The van der Waals surface area contributed by atoms with Crippen molar-refractivity contribution in [1.82, 2.24) is 4.57 Å². The Balaban J connectivity index is 2.51. The number of hydrogen-bond acceptors (Lipinski definition) is 1. The highest BCUT2D eigenvalue weighted by molar-refractivity contribution is 5.90. The van der Waals surface area contributed by atoms with Crippen LogP contribution in [0.1, 0.15) is 43.0 Å². The second-order valence-corrected chi connectivity index (χ2v) is 5.61. The van der Waals surface area contributed by atoms with Gasteiger partial charge in [0.05, 0.1) is 6.42 Å². The molecule has 2 rings (SSSR count). The fraction of sp³-hybridized carbons (Fsp3) is 0.471. The number of aromatic nitrogens is 1.